The largest absolute Gasteiger partial charge is 0.370 e. The van der Waals surface area contributed by atoms with Crippen LogP contribution >= 0.6 is 0 Å². The Morgan fingerprint density at radius 1 is 1.06 bits per heavy atom. The lowest BCUT2D eigenvalue weighted by molar-refractivity contribution is -0.0493. The van der Waals surface area contributed by atoms with E-state index in [1.54, 1.807) is 6.42 Å². The van der Waals surface area contributed by atoms with Crippen molar-refractivity contribution in [2.24, 2.45) is 29.6 Å². The van der Waals surface area contributed by atoms with Crippen LogP contribution in [0.3, 0.4) is 0 Å². The lowest BCUT2D eigenvalue weighted by Crippen LogP contribution is -2.54. The molecule has 5 aliphatic rings. The Labute approximate surface area is 111 Å². The molecule has 0 amide bonds. The zero-order chi connectivity index (χ0) is 12.3. The van der Waals surface area contributed by atoms with E-state index < -0.39 is 0 Å². The van der Waals surface area contributed by atoms with Crippen molar-refractivity contribution in [3.63, 3.8) is 0 Å². The van der Waals surface area contributed by atoms with Gasteiger partial charge in [0.15, 0.2) is 0 Å². The highest BCUT2D eigenvalue weighted by Crippen LogP contribution is 2.55. The second-order valence-corrected chi connectivity index (χ2v) is 7.51. The summed E-state index contributed by atoms with van der Waals surface area (Å²) in [7, 11) is 0. The van der Waals surface area contributed by atoms with Crippen molar-refractivity contribution < 1.29 is 0 Å². The van der Waals surface area contributed by atoms with Gasteiger partial charge in [-0.25, -0.2) is 0 Å². The van der Waals surface area contributed by atoms with E-state index in [1.165, 1.54) is 31.4 Å². The molecular formula is C16H26N2. The summed E-state index contributed by atoms with van der Waals surface area (Å²) in [5, 5.41) is 3.60. The van der Waals surface area contributed by atoms with Crippen molar-refractivity contribution in [3.05, 3.63) is 11.9 Å². The van der Waals surface area contributed by atoms with Crippen LogP contribution in [0.5, 0.6) is 0 Å². The molecule has 0 atom stereocenters. The molecule has 4 aliphatic carbocycles. The smallest absolute Gasteiger partial charge is 0.0872 e. The summed E-state index contributed by atoms with van der Waals surface area (Å²) in [5.74, 6) is 4.84. The van der Waals surface area contributed by atoms with Gasteiger partial charge in [-0.1, -0.05) is 13.8 Å². The van der Waals surface area contributed by atoms with E-state index in [1.807, 2.05) is 0 Å². The van der Waals surface area contributed by atoms with E-state index in [9.17, 15) is 0 Å². The fourth-order valence-electron chi connectivity index (χ4n) is 5.44. The van der Waals surface area contributed by atoms with Crippen molar-refractivity contribution in [2.45, 2.75) is 52.0 Å². The predicted octanol–water partition coefficient (Wildman–Crippen LogP) is 3.17. The zero-order valence-electron chi connectivity index (χ0n) is 11.7. The molecule has 0 aromatic heterocycles. The van der Waals surface area contributed by atoms with Crippen molar-refractivity contribution in [1.82, 2.24) is 10.2 Å². The number of nitrogens with zero attached hydrogens (tertiary/aromatic N) is 1. The average Bonchev–Trinajstić information content (AvgIpc) is 2.77. The highest BCUT2D eigenvalue weighted by molar-refractivity contribution is 5.12. The minimum Gasteiger partial charge on any atom is -0.370 e. The third-order valence-electron chi connectivity index (χ3n) is 5.95. The molecule has 0 aromatic rings. The average molecular weight is 246 g/mol. The summed E-state index contributed by atoms with van der Waals surface area (Å²) in [5.41, 5.74) is 1.45. The molecule has 4 fully saturated rings. The summed E-state index contributed by atoms with van der Waals surface area (Å²) in [4.78, 5) is 2.66. The molecule has 18 heavy (non-hydrogen) atoms. The molecule has 2 nitrogen and oxygen atoms in total. The maximum Gasteiger partial charge on any atom is 0.0872 e. The first-order valence-electron chi connectivity index (χ1n) is 7.92. The monoisotopic (exact) mass is 246 g/mol. The Bertz CT molecular complexity index is 343. The number of hydrogen-bond acceptors (Lipinski definition) is 2. The van der Waals surface area contributed by atoms with Gasteiger partial charge < -0.3 is 10.2 Å². The molecule has 4 saturated carbocycles. The number of nitrogens with one attached hydrogen (secondary N) is 1. The minimum atomic E-state index is 0.645. The van der Waals surface area contributed by atoms with E-state index in [0.29, 0.717) is 5.92 Å². The number of allylic oxidation sites excluding steroid dienone is 1. The molecule has 1 N–H and O–H groups in total. The van der Waals surface area contributed by atoms with Crippen LogP contribution in [0.25, 0.3) is 0 Å². The Kier molecular flexibility index (Phi) is 2.43. The first-order chi connectivity index (χ1) is 8.70. The molecule has 100 valence electrons. The van der Waals surface area contributed by atoms with Crippen LogP contribution in [-0.2, 0) is 0 Å². The fourth-order valence-corrected chi connectivity index (χ4v) is 5.44. The molecule has 5 rings (SSSR count). The third-order valence-corrected chi connectivity index (χ3v) is 5.95. The van der Waals surface area contributed by atoms with Gasteiger partial charge in [0.25, 0.3) is 0 Å². The standard InChI is InChI=1S/C16H26N2/c1-10(2)15-8-18(9-17-15)16-13-4-11-3-12(6-13)7-14(16)5-11/h8,10-14,16-17H,3-7,9H2,1-2H3. The number of hydrogen-bond donors (Lipinski definition) is 1. The van der Waals surface area contributed by atoms with E-state index in [-0.39, 0.29) is 0 Å². The molecule has 1 aliphatic heterocycles. The van der Waals surface area contributed by atoms with Gasteiger partial charge in [0, 0.05) is 17.9 Å². The van der Waals surface area contributed by atoms with Crippen molar-refractivity contribution in [1.29, 1.82) is 0 Å². The van der Waals surface area contributed by atoms with Gasteiger partial charge in [0.2, 0.25) is 0 Å². The first-order valence-corrected chi connectivity index (χ1v) is 7.92. The second kappa shape index (κ2) is 3.91. The summed E-state index contributed by atoms with van der Waals surface area (Å²) in [6.07, 6.45) is 10.1. The molecular weight excluding hydrogens is 220 g/mol. The summed E-state index contributed by atoms with van der Waals surface area (Å²) < 4.78 is 0. The predicted molar refractivity (Wildman–Crippen MR) is 73.6 cm³/mol. The van der Waals surface area contributed by atoms with Crippen LogP contribution in [0, 0.1) is 29.6 Å². The third kappa shape index (κ3) is 1.60. The van der Waals surface area contributed by atoms with Crippen LogP contribution in [0.4, 0.5) is 0 Å². The Balaban J connectivity index is 1.55. The van der Waals surface area contributed by atoms with Gasteiger partial charge in [-0.05, 0) is 61.7 Å². The maximum absolute atomic E-state index is 3.60. The van der Waals surface area contributed by atoms with Crippen molar-refractivity contribution in [3.8, 4) is 0 Å². The van der Waals surface area contributed by atoms with Crippen molar-refractivity contribution in [2.75, 3.05) is 6.67 Å². The van der Waals surface area contributed by atoms with Crippen LogP contribution in [0.1, 0.15) is 46.0 Å². The quantitative estimate of drug-likeness (QED) is 0.805. The van der Waals surface area contributed by atoms with E-state index in [4.69, 9.17) is 0 Å². The molecule has 1 heterocycles. The number of rotatable bonds is 2. The molecule has 0 aromatic carbocycles. The van der Waals surface area contributed by atoms with Crippen molar-refractivity contribution >= 4 is 0 Å². The summed E-state index contributed by atoms with van der Waals surface area (Å²) >= 11 is 0. The molecule has 0 spiro atoms. The van der Waals surface area contributed by atoms with Gasteiger partial charge in [0.05, 0.1) is 6.67 Å². The fraction of sp³-hybridized carbons (Fsp3) is 0.875. The molecule has 0 unspecified atom stereocenters. The van der Waals surface area contributed by atoms with Gasteiger partial charge in [-0.15, -0.1) is 0 Å². The molecule has 2 heteroatoms. The topological polar surface area (TPSA) is 15.3 Å². The van der Waals surface area contributed by atoms with Gasteiger partial charge in [0.1, 0.15) is 0 Å². The van der Waals surface area contributed by atoms with E-state index in [0.717, 1.165) is 36.4 Å². The van der Waals surface area contributed by atoms with Crippen LogP contribution in [-0.4, -0.2) is 17.6 Å². The van der Waals surface area contributed by atoms with E-state index >= 15 is 0 Å². The Morgan fingerprint density at radius 3 is 2.17 bits per heavy atom. The second-order valence-electron chi connectivity index (χ2n) is 7.51. The van der Waals surface area contributed by atoms with Crippen LogP contribution in [0.15, 0.2) is 11.9 Å². The Hall–Kier alpha value is -0.660. The highest BCUT2D eigenvalue weighted by Gasteiger charge is 2.50. The Morgan fingerprint density at radius 2 is 1.67 bits per heavy atom. The van der Waals surface area contributed by atoms with Gasteiger partial charge >= 0.3 is 0 Å². The summed E-state index contributed by atoms with van der Waals surface area (Å²) in [6.45, 7) is 5.65. The van der Waals surface area contributed by atoms with E-state index in [2.05, 4.69) is 30.3 Å². The lowest BCUT2D eigenvalue weighted by atomic mass is 9.54. The molecule has 0 saturated heterocycles. The van der Waals surface area contributed by atoms with Gasteiger partial charge in [-0.3, -0.25) is 0 Å². The minimum absolute atomic E-state index is 0.645. The van der Waals surface area contributed by atoms with Gasteiger partial charge in [-0.2, -0.15) is 0 Å². The normalized spacial score (nSPS) is 45.6. The molecule has 0 radical (unpaired) electrons. The van der Waals surface area contributed by atoms with Crippen LogP contribution in [0.2, 0.25) is 0 Å². The lowest BCUT2D eigenvalue weighted by Gasteiger charge is -2.56. The molecule has 4 bridgehead atoms. The first kappa shape index (κ1) is 11.2. The highest BCUT2D eigenvalue weighted by atomic mass is 15.3. The zero-order valence-corrected chi connectivity index (χ0v) is 11.7. The SMILES string of the molecule is CC(C)C1=CN(C2C3CC4CC(C3)CC2C4)CN1. The summed E-state index contributed by atoms with van der Waals surface area (Å²) in [6, 6.07) is 0.863. The maximum atomic E-state index is 3.60. The van der Waals surface area contributed by atoms with Crippen LogP contribution < -0.4 is 5.32 Å².